The number of carbonyl (C=O) groups excluding carboxylic acids is 3. The van der Waals surface area contributed by atoms with E-state index in [0.717, 1.165) is 12.8 Å². The number of β-amino-alcohol motifs (C(OH)–C–C–N with tert-alkyl or cyclic N) is 1. The molecule has 1 heterocycles. The summed E-state index contributed by atoms with van der Waals surface area (Å²) in [5.41, 5.74) is -0.657. The molecule has 24 heavy (non-hydrogen) atoms. The Labute approximate surface area is 141 Å². The molecule has 2 fully saturated rings. The number of ether oxygens (including phenoxy) is 1. The lowest BCUT2D eigenvalue weighted by molar-refractivity contribution is -0.140. The summed E-state index contributed by atoms with van der Waals surface area (Å²) in [5, 5.41) is 15.0. The number of likely N-dealkylation sites (tertiary alicyclic amines) is 1. The van der Waals surface area contributed by atoms with E-state index in [1.54, 1.807) is 20.8 Å². The Morgan fingerprint density at radius 3 is 2.38 bits per heavy atom. The fourth-order valence-electron chi connectivity index (χ4n) is 2.90. The van der Waals surface area contributed by atoms with Gasteiger partial charge in [-0.3, -0.25) is 9.59 Å². The smallest absolute Gasteiger partial charge is 0.408 e. The van der Waals surface area contributed by atoms with Crippen LogP contribution in [0.4, 0.5) is 4.79 Å². The fourth-order valence-corrected chi connectivity index (χ4v) is 2.90. The summed E-state index contributed by atoms with van der Waals surface area (Å²) >= 11 is 0. The van der Waals surface area contributed by atoms with Crippen LogP contribution in [0.1, 0.15) is 40.0 Å². The second kappa shape index (κ2) is 6.96. The van der Waals surface area contributed by atoms with Crippen molar-refractivity contribution in [2.24, 2.45) is 5.92 Å². The number of rotatable bonds is 4. The number of hydrogen-bond donors (Lipinski definition) is 3. The van der Waals surface area contributed by atoms with Crippen molar-refractivity contribution in [3.63, 3.8) is 0 Å². The Kier molecular flexibility index (Phi) is 5.37. The molecule has 1 aliphatic heterocycles. The number of aliphatic hydroxyl groups is 1. The molecule has 1 aliphatic carbocycles. The molecule has 3 atom stereocenters. The molecule has 0 bridgehead atoms. The SMILES string of the molecule is CNC(=O)[C@@H]1C[C@@H](O)CN1C(=O)[C@@H](NC(=O)OC(C)(C)C)C1CC1. The van der Waals surface area contributed by atoms with Crippen molar-refractivity contribution in [2.45, 2.75) is 63.8 Å². The summed E-state index contributed by atoms with van der Waals surface area (Å²) in [6.07, 6.45) is 0.497. The van der Waals surface area contributed by atoms with E-state index in [4.69, 9.17) is 4.74 Å². The van der Waals surface area contributed by atoms with Crippen molar-refractivity contribution in [1.82, 2.24) is 15.5 Å². The zero-order chi connectivity index (χ0) is 18.1. The first kappa shape index (κ1) is 18.5. The molecule has 136 valence electrons. The first-order chi connectivity index (χ1) is 11.1. The largest absolute Gasteiger partial charge is 0.444 e. The maximum atomic E-state index is 12.9. The van der Waals surface area contributed by atoms with E-state index in [9.17, 15) is 19.5 Å². The number of aliphatic hydroxyl groups excluding tert-OH is 1. The van der Waals surface area contributed by atoms with Gasteiger partial charge in [0.15, 0.2) is 0 Å². The van der Waals surface area contributed by atoms with Crippen LogP contribution in [0.15, 0.2) is 0 Å². The second-order valence-electron chi connectivity index (χ2n) is 7.47. The third-order valence-corrected chi connectivity index (χ3v) is 4.14. The average molecular weight is 341 g/mol. The number of nitrogens with one attached hydrogen (secondary N) is 2. The van der Waals surface area contributed by atoms with Crippen LogP contribution in [-0.2, 0) is 14.3 Å². The predicted octanol–water partition coefficient (Wildman–Crippen LogP) is -0.00250. The Hall–Kier alpha value is -1.83. The molecule has 3 amide bonds. The summed E-state index contributed by atoms with van der Waals surface area (Å²) in [5.74, 6) is -0.603. The van der Waals surface area contributed by atoms with E-state index in [1.165, 1.54) is 11.9 Å². The molecule has 1 saturated carbocycles. The third-order valence-electron chi connectivity index (χ3n) is 4.14. The summed E-state index contributed by atoms with van der Waals surface area (Å²) < 4.78 is 5.23. The first-order valence-corrected chi connectivity index (χ1v) is 8.32. The van der Waals surface area contributed by atoms with E-state index >= 15 is 0 Å². The van der Waals surface area contributed by atoms with E-state index in [2.05, 4.69) is 10.6 Å². The van der Waals surface area contributed by atoms with E-state index < -0.39 is 29.9 Å². The number of alkyl carbamates (subject to hydrolysis) is 1. The Bertz CT molecular complexity index is 512. The van der Waals surface area contributed by atoms with Crippen molar-refractivity contribution in [2.75, 3.05) is 13.6 Å². The summed E-state index contributed by atoms with van der Waals surface area (Å²) in [6.45, 7) is 5.34. The first-order valence-electron chi connectivity index (χ1n) is 8.32. The zero-order valence-electron chi connectivity index (χ0n) is 14.7. The fraction of sp³-hybridized carbons (Fsp3) is 0.812. The minimum absolute atomic E-state index is 0.0492. The maximum Gasteiger partial charge on any atom is 0.408 e. The van der Waals surface area contributed by atoms with Crippen molar-refractivity contribution >= 4 is 17.9 Å². The van der Waals surface area contributed by atoms with Gasteiger partial charge in [-0.2, -0.15) is 0 Å². The molecule has 0 unspecified atom stereocenters. The Balaban J connectivity index is 2.08. The zero-order valence-corrected chi connectivity index (χ0v) is 14.7. The lowest BCUT2D eigenvalue weighted by Gasteiger charge is -2.29. The standard InChI is InChI=1S/C16H27N3O5/c1-16(2,3)24-15(23)18-12(9-5-6-9)14(22)19-8-10(20)7-11(19)13(21)17-4/h9-12,20H,5-8H2,1-4H3,(H,17,21)(H,18,23)/t10-,11+,12+/m1/s1. The monoisotopic (exact) mass is 341 g/mol. The van der Waals surface area contributed by atoms with Crippen LogP contribution >= 0.6 is 0 Å². The van der Waals surface area contributed by atoms with Crippen LogP contribution in [0, 0.1) is 5.92 Å². The van der Waals surface area contributed by atoms with Crippen LogP contribution in [0.3, 0.4) is 0 Å². The third kappa shape index (κ3) is 4.59. The Morgan fingerprint density at radius 2 is 1.88 bits per heavy atom. The highest BCUT2D eigenvalue weighted by Crippen LogP contribution is 2.34. The van der Waals surface area contributed by atoms with Gasteiger partial charge in [0.2, 0.25) is 11.8 Å². The number of nitrogens with zero attached hydrogens (tertiary/aromatic N) is 1. The van der Waals surface area contributed by atoms with E-state index in [0.29, 0.717) is 0 Å². The van der Waals surface area contributed by atoms with Gasteiger partial charge in [-0.1, -0.05) is 0 Å². The average Bonchev–Trinajstić information content (AvgIpc) is 3.23. The lowest BCUT2D eigenvalue weighted by Crippen LogP contribution is -2.54. The van der Waals surface area contributed by atoms with Gasteiger partial charge in [-0.25, -0.2) is 4.79 Å². The maximum absolute atomic E-state index is 12.9. The van der Waals surface area contributed by atoms with Crippen molar-refractivity contribution < 1.29 is 24.2 Å². The van der Waals surface area contributed by atoms with Gasteiger partial charge in [0.05, 0.1) is 6.10 Å². The number of amides is 3. The highest BCUT2D eigenvalue weighted by atomic mass is 16.6. The van der Waals surface area contributed by atoms with Crippen molar-refractivity contribution in [3.05, 3.63) is 0 Å². The molecule has 0 spiro atoms. The van der Waals surface area contributed by atoms with E-state index in [1.807, 2.05) is 0 Å². The number of carbonyl (C=O) groups is 3. The quantitative estimate of drug-likeness (QED) is 0.667. The summed E-state index contributed by atoms with van der Waals surface area (Å²) in [6, 6.07) is -1.43. The molecular weight excluding hydrogens is 314 g/mol. The molecule has 8 nitrogen and oxygen atoms in total. The van der Waals surface area contributed by atoms with Gasteiger partial charge < -0.3 is 25.4 Å². The van der Waals surface area contributed by atoms with Crippen LogP contribution in [0.25, 0.3) is 0 Å². The predicted molar refractivity (Wildman–Crippen MR) is 86.1 cm³/mol. The highest BCUT2D eigenvalue weighted by molar-refractivity contribution is 5.92. The van der Waals surface area contributed by atoms with Gasteiger partial charge >= 0.3 is 6.09 Å². The van der Waals surface area contributed by atoms with Crippen molar-refractivity contribution in [1.29, 1.82) is 0 Å². The van der Waals surface area contributed by atoms with Gasteiger partial charge in [0.1, 0.15) is 17.7 Å². The van der Waals surface area contributed by atoms with Crippen LogP contribution < -0.4 is 10.6 Å². The molecule has 1 saturated heterocycles. The molecule has 0 aromatic carbocycles. The molecule has 2 rings (SSSR count). The van der Waals surface area contributed by atoms with Crippen LogP contribution in [0.5, 0.6) is 0 Å². The van der Waals surface area contributed by atoms with Crippen molar-refractivity contribution in [3.8, 4) is 0 Å². The van der Waals surface area contributed by atoms with Gasteiger partial charge in [-0.15, -0.1) is 0 Å². The highest BCUT2D eigenvalue weighted by Gasteiger charge is 2.46. The molecule has 0 radical (unpaired) electrons. The topological polar surface area (TPSA) is 108 Å². The normalized spacial score (nSPS) is 25.1. The summed E-state index contributed by atoms with van der Waals surface area (Å²) in [7, 11) is 1.49. The van der Waals surface area contributed by atoms with Gasteiger partial charge in [-0.05, 0) is 39.5 Å². The van der Waals surface area contributed by atoms with Gasteiger partial charge in [0, 0.05) is 20.0 Å². The minimum Gasteiger partial charge on any atom is -0.444 e. The molecule has 0 aromatic heterocycles. The molecule has 8 heteroatoms. The second-order valence-corrected chi connectivity index (χ2v) is 7.47. The summed E-state index contributed by atoms with van der Waals surface area (Å²) in [4.78, 5) is 38.2. The Morgan fingerprint density at radius 1 is 1.25 bits per heavy atom. The number of hydrogen-bond acceptors (Lipinski definition) is 5. The molecule has 3 N–H and O–H groups in total. The van der Waals surface area contributed by atoms with Gasteiger partial charge in [0.25, 0.3) is 0 Å². The van der Waals surface area contributed by atoms with E-state index in [-0.39, 0.29) is 30.7 Å². The molecular formula is C16H27N3O5. The lowest BCUT2D eigenvalue weighted by atomic mass is 10.1. The van der Waals surface area contributed by atoms with Crippen LogP contribution in [0.2, 0.25) is 0 Å². The number of likely N-dealkylation sites (N-methyl/N-ethyl adjacent to an activating group) is 1. The van der Waals surface area contributed by atoms with Crippen LogP contribution in [-0.4, -0.2) is 65.3 Å². The minimum atomic E-state index is -0.738. The molecule has 2 aliphatic rings. The molecule has 0 aromatic rings.